The topological polar surface area (TPSA) is 27.7 Å². The standard InChI is InChI=1S/C13H16ClF3O3/c1-18-11-4-3-9(7-12(11)19-2)10(14)5-6-20-8-13(15,16)17/h3-4,7,10H,5-6,8H2,1-2H3. The average Bonchev–Trinajstić information content (AvgIpc) is 2.41. The van der Waals surface area contributed by atoms with E-state index in [1.807, 2.05) is 0 Å². The Hall–Kier alpha value is -1.14. The summed E-state index contributed by atoms with van der Waals surface area (Å²) in [6, 6.07) is 5.13. The summed E-state index contributed by atoms with van der Waals surface area (Å²) in [5, 5.41) is -0.456. The van der Waals surface area contributed by atoms with Crippen LogP contribution in [-0.4, -0.2) is 33.6 Å². The lowest BCUT2D eigenvalue weighted by atomic mass is 10.1. The van der Waals surface area contributed by atoms with Crippen LogP contribution in [0.4, 0.5) is 13.2 Å². The van der Waals surface area contributed by atoms with Gasteiger partial charge in [-0.3, -0.25) is 0 Å². The molecule has 0 aliphatic heterocycles. The van der Waals surface area contributed by atoms with E-state index in [4.69, 9.17) is 21.1 Å². The molecule has 0 aliphatic rings. The molecule has 0 saturated heterocycles. The fourth-order valence-electron chi connectivity index (χ4n) is 1.59. The van der Waals surface area contributed by atoms with Gasteiger partial charge in [-0.1, -0.05) is 6.07 Å². The second-order valence-corrected chi connectivity index (χ2v) is 4.57. The molecule has 1 aromatic carbocycles. The molecular weight excluding hydrogens is 297 g/mol. The molecule has 0 amide bonds. The third-order valence-electron chi connectivity index (χ3n) is 2.55. The van der Waals surface area contributed by atoms with Gasteiger partial charge in [0.25, 0.3) is 0 Å². The van der Waals surface area contributed by atoms with Crippen LogP contribution in [0.2, 0.25) is 0 Å². The van der Waals surface area contributed by atoms with E-state index in [1.54, 1.807) is 18.2 Å². The van der Waals surface area contributed by atoms with Gasteiger partial charge in [-0.25, -0.2) is 0 Å². The molecular formula is C13H16ClF3O3. The SMILES string of the molecule is COc1ccc(C(Cl)CCOCC(F)(F)F)cc1OC. The number of ether oxygens (including phenoxy) is 3. The molecule has 0 bridgehead atoms. The van der Waals surface area contributed by atoms with E-state index >= 15 is 0 Å². The summed E-state index contributed by atoms with van der Waals surface area (Å²) in [5.74, 6) is 1.08. The number of hydrogen-bond donors (Lipinski definition) is 0. The van der Waals surface area contributed by atoms with Crippen LogP contribution in [-0.2, 0) is 4.74 Å². The van der Waals surface area contributed by atoms with E-state index in [2.05, 4.69) is 4.74 Å². The van der Waals surface area contributed by atoms with Crippen LogP contribution in [0.3, 0.4) is 0 Å². The molecule has 0 aliphatic carbocycles. The Morgan fingerprint density at radius 2 is 1.80 bits per heavy atom. The van der Waals surface area contributed by atoms with Crippen LogP contribution in [0.1, 0.15) is 17.4 Å². The normalized spacial score (nSPS) is 13.1. The van der Waals surface area contributed by atoms with Gasteiger partial charge in [-0.05, 0) is 24.1 Å². The molecule has 20 heavy (non-hydrogen) atoms. The van der Waals surface area contributed by atoms with Gasteiger partial charge in [-0.15, -0.1) is 11.6 Å². The van der Waals surface area contributed by atoms with Crippen molar-refractivity contribution in [2.75, 3.05) is 27.4 Å². The minimum absolute atomic E-state index is 0.0674. The van der Waals surface area contributed by atoms with Crippen LogP contribution < -0.4 is 9.47 Å². The Bertz CT molecular complexity index is 424. The van der Waals surface area contributed by atoms with E-state index in [0.717, 1.165) is 5.56 Å². The first kappa shape index (κ1) is 16.9. The number of rotatable bonds is 7. The number of hydrogen-bond acceptors (Lipinski definition) is 3. The highest BCUT2D eigenvalue weighted by Crippen LogP contribution is 2.33. The van der Waals surface area contributed by atoms with Crippen molar-refractivity contribution in [3.63, 3.8) is 0 Å². The molecule has 0 N–H and O–H groups in total. The molecule has 0 aromatic heterocycles. The fourth-order valence-corrected chi connectivity index (χ4v) is 1.81. The monoisotopic (exact) mass is 312 g/mol. The van der Waals surface area contributed by atoms with Crippen molar-refractivity contribution in [3.8, 4) is 11.5 Å². The first-order valence-corrected chi connectivity index (χ1v) is 6.31. The molecule has 0 fully saturated rings. The third-order valence-corrected chi connectivity index (χ3v) is 3.02. The summed E-state index contributed by atoms with van der Waals surface area (Å²) in [5.41, 5.74) is 0.736. The van der Waals surface area contributed by atoms with Gasteiger partial charge < -0.3 is 14.2 Å². The number of alkyl halides is 4. The molecule has 0 spiro atoms. The average molecular weight is 313 g/mol. The molecule has 7 heteroatoms. The quantitative estimate of drug-likeness (QED) is 0.563. The van der Waals surface area contributed by atoms with Crippen molar-refractivity contribution in [2.24, 2.45) is 0 Å². The summed E-state index contributed by atoms with van der Waals surface area (Å²) in [7, 11) is 3.01. The van der Waals surface area contributed by atoms with Crippen molar-refractivity contribution in [2.45, 2.75) is 18.0 Å². The van der Waals surface area contributed by atoms with E-state index in [9.17, 15) is 13.2 Å². The molecule has 114 valence electrons. The lowest BCUT2D eigenvalue weighted by molar-refractivity contribution is -0.174. The zero-order chi connectivity index (χ0) is 15.2. The molecule has 1 atom stereocenters. The first-order chi connectivity index (χ1) is 9.37. The highest BCUT2D eigenvalue weighted by atomic mass is 35.5. The lowest BCUT2D eigenvalue weighted by Crippen LogP contribution is -2.17. The van der Waals surface area contributed by atoms with Crippen LogP contribution in [0.15, 0.2) is 18.2 Å². The van der Waals surface area contributed by atoms with Crippen molar-refractivity contribution in [1.82, 2.24) is 0 Å². The Morgan fingerprint density at radius 3 is 2.35 bits per heavy atom. The summed E-state index contributed by atoms with van der Waals surface area (Å²) in [6.45, 7) is -1.33. The Labute approximate surface area is 120 Å². The molecule has 1 aromatic rings. The van der Waals surface area contributed by atoms with E-state index in [0.29, 0.717) is 11.5 Å². The first-order valence-electron chi connectivity index (χ1n) is 5.88. The highest BCUT2D eigenvalue weighted by Gasteiger charge is 2.27. The summed E-state index contributed by atoms with van der Waals surface area (Å²) >= 11 is 6.12. The van der Waals surface area contributed by atoms with Gasteiger partial charge >= 0.3 is 6.18 Å². The highest BCUT2D eigenvalue weighted by molar-refractivity contribution is 6.20. The van der Waals surface area contributed by atoms with Crippen LogP contribution in [0.25, 0.3) is 0 Å². The van der Waals surface area contributed by atoms with Crippen molar-refractivity contribution < 1.29 is 27.4 Å². The fraction of sp³-hybridized carbons (Fsp3) is 0.538. The van der Waals surface area contributed by atoms with Crippen LogP contribution in [0.5, 0.6) is 11.5 Å². The van der Waals surface area contributed by atoms with Gasteiger partial charge in [0.05, 0.1) is 19.6 Å². The smallest absolute Gasteiger partial charge is 0.411 e. The number of benzene rings is 1. The lowest BCUT2D eigenvalue weighted by Gasteiger charge is -2.14. The van der Waals surface area contributed by atoms with E-state index in [1.165, 1.54) is 14.2 Å². The molecule has 1 rings (SSSR count). The predicted molar refractivity (Wildman–Crippen MR) is 69.6 cm³/mol. The van der Waals surface area contributed by atoms with Gasteiger partial charge in [-0.2, -0.15) is 13.2 Å². The van der Waals surface area contributed by atoms with Crippen LogP contribution >= 0.6 is 11.6 Å². The molecule has 0 heterocycles. The molecule has 3 nitrogen and oxygen atoms in total. The van der Waals surface area contributed by atoms with Crippen molar-refractivity contribution >= 4 is 11.6 Å². The summed E-state index contributed by atoms with van der Waals surface area (Å²) < 4.78 is 50.4. The largest absolute Gasteiger partial charge is 0.493 e. The van der Waals surface area contributed by atoms with Gasteiger partial charge in [0.2, 0.25) is 0 Å². The number of methoxy groups -OCH3 is 2. The second-order valence-electron chi connectivity index (χ2n) is 4.04. The van der Waals surface area contributed by atoms with Crippen molar-refractivity contribution in [3.05, 3.63) is 23.8 Å². The minimum atomic E-state index is -4.31. The molecule has 0 saturated carbocycles. The molecule has 0 radical (unpaired) electrons. The zero-order valence-electron chi connectivity index (χ0n) is 11.2. The summed E-state index contributed by atoms with van der Waals surface area (Å²) in [6.07, 6.45) is -4.04. The maximum Gasteiger partial charge on any atom is 0.411 e. The van der Waals surface area contributed by atoms with E-state index in [-0.39, 0.29) is 13.0 Å². The Balaban J connectivity index is 2.53. The maximum atomic E-state index is 11.9. The maximum absolute atomic E-state index is 11.9. The second kappa shape index (κ2) is 7.59. The Kier molecular flexibility index (Phi) is 6.42. The van der Waals surface area contributed by atoms with Crippen LogP contribution in [0, 0.1) is 0 Å². The van der Waals surface area contributed by atoms with Gasteiger partial charge in [0.1, 0.15) is 6.61 Å². The minimum Gasteiger partial charge on any atom is -0.493 e. The Morgan fingerprint density at radius 1 is 1.15 bits per heavy atom. The van der Waals surface area contributed by atoms with E-state index < -0.39 is 18.2 Å². The zero-order valence-corrected chi connectivity index (χ0v) is 11.9. The predicted octanol–water partition coefficient (Wildman–Crippen LogP) is 3.95. The molecule has 1 unspecified atom stereocenters. The number of halogens is 4. The van der Waals surface area contributed by atoms with Crippen molar-refractivity contribution in [1.29, 1.82) is 0 Å². The summed E-state index contributed by atoms with van der Waals surface area (Å²) in [4.78, 5) is 0. The third kappa shape index (κ3) is 5.46. The van der Waals surface area contributed by atoms with Gasteiger partial charge in [0.15, 0.2) is 11.5 Å². The van der Waals surface area contributed by atoms with Gasteiger partial charge in [0, 0.05) is 6.61 Å².